The number of hydrogen-bond acceptors (Lipinski definition) is 4. The molecule has 29 heavy (non-hydrogen) atoms. The number of amides is 1. The molecule has 0 aliphatic rings. The molecular formula is C23H25FN2O2S. The van der Waals surface area contributed by atoms with Gasteiger partial charge in [-0.25, -0.2) is 9.37 Å². The molecule has 1 amide bonds. The fourth-order valence-corrected chi connectivity index (χ4v) is 3.58. The SMILES string of the molecule is CC[C@H](C)N(Cc1csc(COc2ccc(C)cc2)n1)C(=O)c1ccccc1F. The molecule has 2 aromatic carbocycles. The summed E-state index contributed by atoms with van der Waals surface area (Å²) in [5.74, 6) is -0.0255. The molecular weight excluding hydrogens is 387 g/mol. The number of carbonyl (C=O) groups excluding carboxylic acids is 1. The molecule has 3 rings (SSSR count). The van der Waals surface area contributed by atoms with Gasteiger partial charge in [0.1, 0.15) is 23.2 Å². The van der Waals surface area contributed by atoms with Crippen LogP contribution in [0.15, 0.2) is 53.9 Å². The first-order chi connectivity index (χ1) is 14.0. The summed E-state index contributed by atoms with van der Waals surface area (Å²) in [7, 11) is 0. The second kappa shape index (κ2) is 9.65. The summed E-state index contributed by atoms with van der Waals surface area (Å²) in [4.78, 5) is 19.2. The highest BCUT2D eigenvalue weighted by Gasteiger charge is 2.24. The van der Waals surface area contributed by atoms with E-state index in [1.807, 2.05) is 50.4 Å². The minimum absolute atomic E-state index is 0.0314. The van der Waals surface area contributed by atoms with Crippen LogP contribution in [-0.2, 0) is 13.2 Å². The van der Waals surface area contributed by atoms with E-state index >= 15 is 0 Å². The molecule has 0 aliphatic carbocycles. The number of ether oxygens (including phenoxy) is 1. The van der Waals surface area contributed by atoms with Gasteiger partial charge in [0.2, 0.25) is 0 Å². The Bertz CT molecular complexity index is 956. The number of nitrogens with zero attached hydrogens (tertiary/aromatic N) is 2. The monoisotopic (exact) mass is 412 g/mol. The van der Waals surface area contributed by atoms with Gasteiger partial charge in [-0.1, -0.05) is 36.8 Å². The second-order valence-corrected chi connectivity index (χ2v) is 7.95. The summed E-state index contributed by atoms with van der Waals surface area (Å²) in [6.45, 7) is 6.71. The predicted molar refractivity (Wildman–Crippen MR) is 114 cm³/mol. The van der Waals surface area contributed by atoms with Crippen LogP contribution in [-0.4, -0.2) is 21.8 Å². The number of halogens is 1. The average Bonchev–Trinajstić information content (AvgIpc) is 3.18. The standard InChI is InChI=1S/C23H25FN2O2S/c1-4-17(3)26(23(27)20-7-5-6-8-21(20)24)13-18-15-29-22(25-18)14-28-19-11-9-16(2)10-12-19/h5-12,15,17H,4,13-14H2,1-3H3/t17-/m0/s1. The van der Waals surface area contributed by atoms with Crippen molar-refractivity contribution in [2.24, 2.45) is 0 Å². The zero-order valence-electron chi connectivity index (χ0n) is 16.9. The summed E-state index contributed by atoms with van der Waals surface area (Å²) < 4.78 is 19.9. The van der Waals surface area contributed by atoms with Crippen molar-refractivity contribution >= 4 is 17.2 Å². The summed E-state index contributed by atoms with van der Waals surface area (Å²) in [5.41, 5.74) is 2.05. The van der Waals surface area contributed by atoms with Gasteiger partial charge in [-0.15, -0.1) is 11.3 Å². The van der Waals surface area contributed by atoms with Crippen molar-refractivity contribution in [1.82, 2.24) is 9.88 Å². The van der Waals surface area contributed by atoms with Gasteiger partial charge >= 0.3 is 0 Å². The first-order valence-corrected chi connectivity index (χ1v) is 10.5. The first-order valence-electron chi connectivity index (χ1n) is 9.66. The molecule has 1 heterocycles. The number of benzene rings is 2. The molecule has 0 radical (unpaired) electrons. The number of thiazole rings is 1. The molecule has 0 saturated heterocycles. The average molecular weight is 413 g/mol. The van der Waals surface area contributed by atoms with E-state index in [1.54, 1.807) is 17.0 Å². The number of rotatable bonds is 8. The van der Waals surface area contributed by atoms with Crippen LogP contribution in [0.2, 0.25) is 0 Å². The molecule has 3 aromatic rings. The largest absolute Gasteiger partial charge is 0.486 e. The van der Waals surface area contributed by atoms with Crippen LogP contribution in [0.3, 0.4) is 0 Å². The van der Waals surface area contributed by atoms with Crippen molar-refractivity contribution < 1.29 is 13.9 Å². The minimum Gasteiger partial charge on any atom is -0.486 e. The topological polar surface area (TPSA) is 42.4 Å². The van der Waals surface area contributed by atoms with Gasteiger partial charge < -0.3 is 9.64 Å². The van der Waals surface area contributed by atoms with Crippen molar-refractivity contribution in [2.45, 2.75) is 46.4 Å². The smallest absolute Gasteiger partial charge is 0.257 e. The van der Waals surface area contributed by atoms with Crippen molar-refractivity contribution in [3.05, 3.63) is 81.6 Å². The van der Waals surface area contributed by atoms with Gasteiger partial charge in [-0.05, 0) is 44.5 Å². The molecule has 0 N–H and O–H groups in total. The Morgan fingerprint density at radius 2 is 1.93 bits per heavy atom. The molecule has 0 fully saturated rings. The molecule has 1 aromatic heterocycles. The number of carbonyl (C=O) groups is 1. The van der Waals surface area contributed by atoms with E-state index in [-0.39, 0.29) is 17.5 Å². The van der Waals surface area contributed by atoms with Gasteiger partial charge in [0, 0.05) is 11.4 Å². The number of aromatic nitrogens is 1. The normalized spacial score (nSPS) is 11.9. The Morgan fingerprint density at radius 1 is 1.21 bits per heavy atom. The van der Waals surface area contributed by atoms with Crippen molar-refractivity contribution in [3.8, 4) is 5.75 Å². The van der Waals surface area contributed by atoms with Crippen LogP contribution in [0, 0.1) is 12.7 Å². The quantitative estimate of drug-likeness (QED) is 0.483. The number of aryl methyl sites for hydroxylation is 1. The van der Waals surface area contributed by atoms with E-state index in [1.165, 1.54) is 29.0 Å². The van der Waals surface area contributed by atoms with E-state index < -0.39 is 5.82 Å². The summed E-state index contributed by atoms with van der Waals surface area (Å²) in [6.07, 6.45) is 0.772. The van der Waals surface area contributed by atoms with Gasteiger partial charge in [-0.2, -0.15) is 0 Å². The van der Waals surface area contributed by atoms with Crippen LogP contribution >= 0.6 is 11.3 Å². The minimum atomic E-state index is -0.503. The molecule has 0 bridgehead atoms. The van der Waals surface area contributed by atoms with Crippen LogP contribution in [0.4, 0.5) is 4.39 Å². The summed E-state index contributed by atoms with van der Waals surface area (Å²) in [5, 5.41) is 2.76. The van der Waals surface area contributed by atoms with Crippen LogP contribution < -0.4 is 4.74 Å². The summed E-state index contributed by atoms with van der Waals surface area (Å²) >= 11 is 1.50. The highest BCUT2D eigenvalue weighted by Crippen LogP contribution is 2.20. The predicted octanol–water partition coefficient (Wildman–Crippen LogP) is 5.61. The van der Waals surface area contributed by atoms with Crippen LogP contribution in [0.1, 0.15) is 46.9 Å². The third-order valence-electron chi connectivity index (χ3n) is 4.80. The maximum absolute atomic E-state index is 14.1. The fourth-order valence-electron chi connectivity index (χ4n) is 2.88. The molecule has 152 valence electrons. The van der Waals surface area contributed by atoms with Crippen LogP contribution in [0.5, 0.6) is 5.75 Å². The third-order valence-corrected chi connectivity index (χ3v) is 5.67. The zero-order chi connectivity index (χ0) is 20.8. The molecule has 4 nitrogen and oxygen atoms in total. The van der Waals surface area contributed by atoms with Crippen molar-refractivity contribution in [1.29, 1.82) is 0 Å². The Labute approximate surface area is 175 Å². The van der Waals surface area contributed by atoms with Gasteiger partial charge in [0.05, 0.1) is 17.8 Å². The van der Waals surface area contributed by atoms with Crippen molar-refractivity contribution in [2.75, 3.05) is 0 Å². The Morgan fingerprint density at radius 3 is 2.62 bits per heavy atom. The van der Waals surface area contributed by atoms with Gasteiger partial charge in [0.15, 0.2) is 0 Å². The fraction of sp³-hybridized carbons (Fsp3) is 0.304. The van der Waals surface area contributed by atoms with Gasteiger partial charge in [0.25, 0.3) is 5.91 Å². The Balaban J connectivity index is 1.69. The van der Waals surface area contributed by atoms with Crippen LogP contribution in [0.25, 0.3) is 0 Å². The van der Waals surface area contributed by atoms with E-state index in [0.29, 0.717) is 13.2 Å². The van der Waals surface area contributed by atoms with E-state index in [4.69, 9.17) is 4.74 Å². The lowest BCUT2D eigenvalue weighted by Gasteiger charge is -2.28. The maximum atomic E-state index is 14.1. The third kappa shape index (κ3) is 5.41. The lowest BCUT2D eigenvalue weighted by molar-refractivity contribution is 0.0664. The van der Waals surface area contributed by atoms with E-state index in [2.05, 4.69) is 4.98 Å². The maximum Gasteiger partial charge on any atom is 0.257 e. The highest BCUT2D eigenvalue weighted by molar-refractivity contribution is 7.09. The van der Waals surface area contributed by atoms with Gasteiger partial charge in [-0.3, -0.25) is 4.79 Å². The Hall–Kier alpha value is -2.73. The van der Waals surface area contributed by atoms with E-state index in [9.17, 15) is 9.18 Å². The molecule has 1 atom stereocenters. The highest BCUT2D eigenvalue weighted by atomic mass is 32.1. The lowest BCUT2D eigenvalue weighted by Crippen LogP contribution is -2.38. The molecule has 0 aliphatic heterocycles. The lowest BCUT2D eigenvalue weighted by atomic mass is 10.1. The molecule has 0 unspecified atom stereocenters. The molecule has 6 heteroatoms. The van der Waals surface area contributed by atoms with Crippen molar-refractivity contribution in [3.63, 3.8) is 0 Å². The zero-order valence-corrected chi connectivity index (χ0v) is 17.7. The Kier molecular flexibility index (Phi) is 6.99. The molecule has 0 saturated carbocycles. The van der Waals surface area contributed by atoms with E-state index in [0.717, 1.165) is 22.9 Å². The second-order valence-electron chi connectivity index (χ2n) is 7.00. The summed E-state index contributed by atoms with van der Waals surface area (Å²) in [6, 6.07) is 13.9. The molecule has 0 spiro atoms. The number of hydrogen-bond donors (Lipinski definition) is 0. The first kappa shape index (κ1) is 21.0.